The summed E-state index contributed by atoms with van der Waals surface area (Å²) in [5, 5.41) is 4.32. The van der Waals surface area contributed by atoms with E-state index in [0.29, 0.717) is 12.1 Å². The number of halogens is 1. The highest BCUT2D eigenvalue weighted by Crippen LogP contribution is 2.19. The summed E-state index contributed by atoms with van der Waals surface area (Å²) in [5.74, 6) is 0. The van der Waals surface area contributed by atoms with Crippen molar-refractivity contribution >= 4 is 11.6 Å². The minimum absolute atomic E-state index is 0.437. The van der Waals surface area contributed by atoms with Crippen molar-refractivity contribution in [1.82, 2.24) is 5.32 Å². The Morgan fingerprint density at radius 2 is 1.79 bits per heavy atom. The van der Waals surface area contributed by atoms with E-state index in [2.05, 4.69) is 38.2 Å². The molecule has 0 aromatic heterocycles. The van der Waals surface area contributed by atoms with Gasteiger partial charge in [0.15, 0.2) is 0 Å². The van der Waals surface area contributed by atoms with Gasteiger partial charge < -0.3 is 5.32 Å². The van der Waals surface area contributed by atoms with Crippen LogP contribution in [0.4, 0.5) is 0 Å². The Labute approximate surface area is 91.5 Å². The van der Waals surface area contributed by atoms with Gasteiger partial charge in [-0.15, -0.1) is 0 Å². The van der Waals surface area contributed by atoms with E-state index < -0.39 is 0 Å². The standard InChI is InChI=1S/C12H18ClN/c1-4-12(14-9(2)3)10-5-7-11(13)8-6-10/h5-9,12,14H,4H2,1-3H3. The lowest BCUT2D eigenvalue weighted by atomic mass is 10.0. The molecule has 1 unspecified atom stereocenters. The minimum Gasteiger partial charge on any atom is -0.308 e. The van der Waals surface area contributed by atoms with E-state index in [0.717, 1.165) is 11.4 Å². The number of hydrogen-bond acceptors (Lipinski definition) is 1. The monoisotopic (exact) mass is 211 g/mol. The molecule has 14 heavy (non-hydrogen) atoms. The molecule has 78 valence electrons. The minimum atomic E-state index is 0.437. The lowest BCUT2D eigenvalue weighted by molar-refractivity contribution is 0.466. The van der Waals surface area contributed by atoms with Crippen LogP contribution >= 0.6 is 11.6 Å². The van der Waals surface area contributed by atoms with Crippen molar-refractivity contribution in [2.75, 3.05) is 0 Å². The molecule has 1 aromatic rings. The van der Waals surface area contributed by atoms with Crippen LogP contribution in [0.3, 0.4) is 0 Å². The second kappa shape index (κ2) is 5.38. The van der Waals surface area contributed by atoms with Crippen LogP contribution in [0.15, 0.2) is 24.3 Å². The molecule has 1 nitrogen and oxygen atoms in total. The molecule has 0 bridgehead atoms. The topological polar surface area (TPSA) is 12.0 Å². The Morgan fingerprint density at radius 1 is 1.21 bits per heavy atom. The first-order chi connectivity index (χ1) is 6.63. The fourth-order valence-electron chi connectivity index (χ4n) is 1.55. The van der Waals surface area contributed by atoms with E-state index in [9.17, 15) is 0 Å². The molecule has 1 rings (SSSR count). The first kappa shape index (κ1) is 11.5. The van der Waals surface area contributed by atoms with Crippen LogP contribution in [0.1, 0.15) is 38.8 Å². The Bertz CT molecular complexity index is 266. The molecule has 0 saturated carbocycles. The van der Waals surface area contributed by atoms with Gasteiger partial charge in [-0.3, -0.25) is 0 Å². The molecule has 2 heteroatoms. The third-order valence-electron chi connectivity index (χ3n) is 2.22. The van der Waals surface area contributed by atoms with Gasteiger partial charge in [0.1, 0.15) is 0 Å². The molecular formula is C12H18ClN. The molecule has 0 aliphatic heterocycles. The normalized spacial score (nSPS) is 13.2. The van der Waals surface area contributed by atoms with E-state index in [-0.39, 0.29) is 0 Å². The highest BCUT2D eigenvalue weighted by Gasteiger charge is 2.09. The average Bonchev–Trinajstić information content (AvgIpc) is 2.15. The maximum Gasteiger partial charge on any atom is 0.0406 e. The largest absolute Gasteiger partial charge is 0.308 e. The summed E-state index contributed by atoms with van der Waals surface area (Å²) < 4.78 is 0. The second-order valence-corrected chi connectivity index (χ2v) is 4.27. The van der Waals surface area contributed by atoms with Crippen LogP contribution in [0.25, 0.3) is 0 Å². The van der Waals surface area contributed by atoms with Gasteiger partial charge in [0, 0.05) is 17.1 Å². The molecule has 1 atom stereocenters. The van der Waals surface area contributed by atoms with Crippen molar-refractivity contribution in [3.63, 3.8) is 0 Å². The molecule has 0 saturated heterocycles. The SMILES string of the molecule is CCC(NC(C)C)c1ccc(Cl)cc1. The third kappa shape index (κ3) is 3.32. The lowest BCUT2D eigenvalue weighted by Gasteiger charge is -2.20. The molecule has 1 aromatic carbocycles. The maximum absolute atomic E-state index is 5.84. The molecule has 1 N–H and O–H groups in total. The van der Waals surface area contributed by atoms with E-state index in [1.165, 1.54) is 5.56 Å². The first-order valence-electron chi connectivity index (χ1n) is 5.15. The summed E-state index contributed by atoms with van der Waals surface area (Å²) >= 11 is 5.84. The Balaban J connectivity index is 2.73. The summed E-state index contributed by atoms with van der Waals surface area (Å²) in [4.78, 5) is 0. The summed E-state index contributed by atoms with van der Waals surface area (Å²) in [6, 6.07) is 9.02. The van der Waals surface area contributed by atoms with Gasteiger partial charge in [0.2, 0.25) is 0 Å². The van der Waals surface area contributed by atoms with E-state index >= 15 is 0 Å². The summed E-state index contributed by atoms with van der Waals surface area (Å²) in [5.41, 5.74) is 1.31. The predicted molar refractivity (Wildman–Crippen MR) is 62.8 cm³/mol. The van der Waals surface area contributed by atoms with E-state index in [4.69, 9.17) is 11.6 Å². The molecular weight excluding hydrogens is 194 g/mol. The number of nitrogens with one attached hydrogen (secondary N) is 1. The zero-order valence-corrected chi connectivity index (χ0v) is 9.81. The summed E-state index contributed by atoms with van der Waals surface area (Å²) in [7, 11) is 0. The molecule has 0 aliphatic rings. The highest BCUT2D eigenvalue weighted by atomic mass is 35.5. The quantitative estimate of drug-likeness (QED) is 0.799. The molecule has 0 radical (unpaired) electrons. The zero-order chi connectivity index (χ0) is 10.6. The van der Waals surface area contributed by atoms with Crippen molar-refractivity contribution in [3.05, 3.63) is 34.9 Å². The van der Waals surface area contributed by atoms with Crippen LogP contribution < -0.4 is 5.32 Å². The fourth-order valence-corrected chi connectivity index (χ4v) is 1.67. The van der Waals surface area contributed by atoms with Crippen LogP contribution in [0.2, 0.25) is 5.02 Å². The van der Waals surface area contributed by atoms with Gasteiger partial charge in [0.25, 0.3) is 0 Å². The van der Waals surface area contributed by atoms with Gasteiger partial charge in [-0.1, -0.05) is 44.5 Å². The van der Waals surface area contributed by atoms with Crippen LogP contribution in [-0.4, -0.2) is 6.04 Å². The van der Waals surface area contributed by atoms with E-state index in [1.54, 1.807) is 0 Å². The van der Waals surface area contributed by atoms with Gasteiger partial charge >= 0.3 is 0 Å². The van der Waals surface area contributed by atoms with Crippen molar-refractivity contribution in [1.29, 1.82) is 0 Å². The number of benzene rings is 1. The lowest BCUT2D eigenvalue weighted by Crippen LogP contribution is -2.27. The Morgan fingerprint density at radius 3 is 2.21 bits per heavy atom. The number of hydrogen-bond donors (Lipinski definition) is 1. The summed E-state index contributed by atoms with van der Waals surface area (Å²) in [6.07, 6.45) is 1.10. The molecule has 0 amide bonds. The third-order valence-corrected chi connectivity index (χ3v) is 2.47. The molecule has 0 aliphatic carbocycles. The van der Waals surface area contributed by atoms with Crippen molar-refractivity contribution < 1.29 is 0 Å². The fraction of sp³-hybridized carbons (Fsp3) is 0.500. The van der Waals surface area contributed by atoms with Crippen LogP contribution in [0.5, 0.6) is 0 Å². The van der Waals surface area contributed by atoms with Gasteiger partial charge in [0.05, 0.1) is 0 Å². The molecule has 0 heterocycles. The van der Waals surface area contributed by atoms with Gasteiger partial charge in [-0.2, -0.15) is 0 Å². The smallest absolute Gasteiger partial charge is 0.0406 e. The van der Waals surface area contributed by atoms with Gasteiger partial charge in [-0.05, 0) is 24.1 Å². The van der Waals surface area contributed by atoms with Crippen LogP contribution in [-0.2, 0) is 0 Å². The maximum atomic E-state index is 5.84. The zero-order valence-electron chi connectivity index (χ0n) is 9.05. The summed E-state index contributed by atoms with van der Waals surface area (Å²) in [6.45, 7) is 6.52. The molecule has 0 fully saturated rings. The van der Waals surface area contributed by atoms with Crippen molar-refractivity contribution in [2.45, 2.75) is 39.3 Å². The number of rotatable bonds is 4. The second-order valence-electron chi connectivity index (χ2n) is 3.83. The van der Waals surface area contributed by atoms with Gasteiger partial charge in [-0.25, -0.2) is 0 Å². The first-order valence-corrected chi connectivity index (χ1v) is 5.52. The highest BCUT2D eigenvalue weighted by molar-refractivity contribution is 6.30. The predicted octanol–water partition coefficient (Wildman–Crippen LogP) is 3.79. The van der Waals surface area contributed by atoms with E-state index in [1.807, 2.05) is 12.1 Å². The Hall–Kier alpha value is -0.530. The van der Waals surface area contributed by atoms with Crippen molar-refractivity contribution in [2.24, 2.45) is 0 Å². The van der Waals surface area contributed by atoms with Crippen LogP contribution in [0, 0.1) is 0 Å². The average molecular weight is 212 g/mol. The Kier molecular flexibility index (Phi) is 4.43. The van der Waals surface area contributed by atoms with Crippen molar-refractivity contribution in [3.8, 4) is 0 Å². The molecule has 0 spiro atoms.